The first kappa shape index (κ1) is 4.63. The van der Waals surface area contributed by atoms with Gasteiger partial charge in [0.1, 0.15) is 0 Å². The maximum atomic E-state index is 3.07. The van der Waals surface area contributed by atoms with Crippen molar-refractivity contribution in [3.63, 3.8) is 0 Å². The lowest BCUT2D eigenvalue weighted by atomic mass is 10.2. The van der Waals surface area contributed by atoms with Gasteiger partial charge >= 0.3 is 0 Å². The Morgan fingerprint density at radius 1 is 1.43 bits per heavy atom. The van der Waals surface area contributed by atoms with E-state index in [1.807, 2.05) is 6.08 Å². The van der Waals surface area contributed by atoms with Crippen molar-refractivity contribution in [1.82, 2.24) is 0 Å². The third kappa shape index (κ3) is 0.738. The highest BCUT2D eigenvalue weighted by atomic mass is 14.0. The molecule has 0 aromatic heterocycles. The summed E-state index contributed by atoms with van der Waals surface area (Å²) in [6.45, 7) is 4.15. The molecule has 1 rings (SSSR count). The largest absolute Gasteiger partial charge is 0.0716 e. The number of hydrogen-bond donors (Lipinski definition) is 0. The fourth-order valence-electron chi connectivity index (χ4n) is 0.531. The van der Waals surface area contributed by atoms with Gasteiger partial charge in [-0.2, -0.15) is 0 Å². The van der Waals surface area contributed by atoms with E-state index in [2.05, 4.69) is 26.3 Å². The third-order valence-electron chi connectivity index (χ3n) is 1.22. The van der Waals surface area contributed by atoms with Gasteiger partial charge in [-0.15, -0.1) is 0 Å². The van der Waals surface area contributed by atoms with Gasteiger partial charge in [-0.3, -0.25) is 0 Å². The van der Waals surface area contributed by atoms with E-state index in [0.717, 1.165) is 0 Å². The Morgan fingerprint density at radius 2 is 2.14 bits per heavy atom. The summed E-state index contributed by atoms with van der Waals surface area (Å²) in [7, 11) is 0. The fourth-order valence-corrected chi connectivity index (χ4v) is 0.531. The van der Waals surface area contributed by atoms with Crippen LogP contribution in [0.15, 0.2) is 23.3 Å². The fraction of sp³-hybridized carbons (Fsp3) is 0.286. The van der Waals surface area contributed by atoms with E-state index in [1.165, 1.54) is 11.1 Å². The molecule has 0 nitrogen and oxygen atoms in total. The van der Waals surface area contributed by atoms with Crippen LogP contribution < -0.4 is 0 Å². The van der Waals surface area contributed by atoms with E-state index in [-0.39, 0.29) is 0 Å². The van der Waals surface area contributed by atoms with Crippen molar-refractivity contribution in [2.24, 2.45) is 0 Å². The molecule has 1 aliphatic carbocycles. The predicted octanol–water partition coefficient (Wildman–Crippen LogP) is 1.97. The molecule has 1 aliphatic rings. The van der Waals surface area contributed by atoms with E-state index in [4.69, 9.17) is 0 Å². The second kappa shape index (κ2) is 1.53. The van der Waals surface area contributed by atoms with Crippen LogP contribution in [-0.4, -0.2) is 0 Å². The minimum Gasteiger partial charge on any atom is -0.0716 e. The monoisotopic (exact) mass is 92.1 g/mol. The predicted molar refractivity (Wildman–Crippen MR) is 30.8 cm³/mol. The minimum atomic E-state index is 1.26. The molecular formula is C7H8. The van der Waals surface area contributed by atoms with Crippen molar-refractivity contribution >= 4 is 0 Å². The lowest BCUT2D eigenvalue weighted by molar-refractivity contribution is 1.38. The molecule has 0 unspecified atom stereocenters. The van der Waals surface area contributed by atoms with E-state index in [9.17, 15) is 0 Å². The molecule has 0 saturated carbocycles. The lowest BCUT2D eigenvalue weighted by Crippen LogP contribution is -1.68. The topological polar surface area (TPSA) is 0 Å². The summed E-state index contributed by atoms with van der Waals surface area (Å²) in [4.78, 5) is 0. The zero-order valence-electron chi connectivity index (χ0n) is 4.65. The molecule has 0 aromatic rings. The number of rotatable bonds is 0. The van der Waals surface area contributed by atoms with Crippen molar-refractivity contribution in [2.45, 2.75) is 13.8 Å². The highest BCUT2D eigenvalue weighted by molar-refractivity contribution is 5.39. The lowest BCUT2D eigenvalue weighted by Gasteiger charge is -1.86. The quantitative estimate of drug-likeness (QED) is 0.428. The first-order chi connectivity index (χ1) is 3.30. The molecule has 0 heterocycles. The van der Waals surface area contributed by atoms with Gasteiger partial charge in [0.05, 0.1) is 0 Å². The van der Waals surface area contributed by atoms with Gasteiger partial charge in [-0.25, -0.2) is 0 Å². The third-order valence-corrected chi connectivity index (χ3v) is 1.22. The molecule has 2 radical (unpaired) electrons. The van der Waals surface area contributed by atoms with Gasteiger partial charge in [0.25, 0.3) is 0 Å². The van der Waals surface area contributed by atoms with Crippen LogP contribution in [0.4, 0.5) is 0 Å². The van der Waals surface area contributed by atoms with Crippen LogP contribution in [-0.2, 0) is 0 Å². The van der Waals surface area contributed by atoms with Gasteiger partial charge < -0.3 is 0 Å². The van der Waals surface area contributed by atoms with Crippen LogP contribution in [0.1, 0.15) is 13.8 Å². The summed E-state index contributed by atoms with van der Waals surface area (Å²) in [5.74, 6) is 0. The minimum absolute atomic E-state index is 1.26. The summed E-state index contributed by atoms with van der Waals surface area (Å²) in [5, 5.41) is 0. The van der Waals surface area contributed by atoms with Crippen molar-refractivity contribution in [2.75, 3.05) is 0 Å². The maximum Gasteiger partial charge on any atom is 0.0378 e. The van der Waals surface area contributed by atoms with Crippen LogP contribution in [0.2, 0.25) is 0 Å². The Labute approximate surface area is 44.5 Å². The Morgan fingerprint density at radius 3 is 2.29 bits per heavy atom. The first-order valence-electron chi connectivity index (χ1n) is 2.41. The summed E-state index contributed by atoms with van der Waals surface area (Å²) in [5.41, 5.74) is 2.60. The highest BCUT2D eigenvalue weighted by Gasteiger charge is 1.96. The van der Waals surface area contributed by atoms with Crippen molar-refractivity contribution in [3.8, 4) is 0 Å². The van der Waals surface area contributed by atoms with Gasteiger partial charge in [0, 0.05) is 6.42 Å². The molecule has 36 valence electrons. The van der Waals surface area contributed by atoms with Gasteiger partial charge in [-0.1, -0.05) is 23.3 Å². The molecule has 7 heavy (non-hydrogen) atoms. The van der Waals surface area contributed by atoms with Crippen molar-refractivity contribution < 1.29 is 0 Å². The SMILES string of the molecule is CC1=C(C)C=C[C]1. The van der Waals surface area contributed by atoms with Crippen molar-refractivity contribution in [3.05, 3.63) is 29.7 Å². The van der Waals surface area contributed by atoms with E-state index in [1.54, 1.807) is 0 Å². The van der Waals surface area contributed by atoms with E-state index >= 15 is 0 Å². The summed E-state index contributed by atoms with van der Waals surface area (Å²) in [6.07, 6.45) is 7.08. The smallest absolute Gasteiger partial charge is 0.0378 e. The van der Waals surface area contributed by atoms with E-state index in [0.29, 0.717) is 0 Å². The molecule has 0 heteroatoms. The molecule has 0 atom stereocenters. The second-order valence-corrected chi connectivity index (χ2v) is 1.79. The normalized spacial score (nSPS) is 19.1. The Bertz CT molecular complexity index is 127. The van der Waals surface area contributed by atoms with Crippen molar-refractivity contribution in [1.29, 1.82) is 0 Å². The molecule has 0 spiro atoms. The second-order valence-electron chi connectivity index (χ2n) is 1.79. The van der Waals surface area contributed by atoms with Gasteiger partial charge in [0.15, 0.2) is 0 Å². The van der Waals surface area contributed by atoms with Gasteiger partial charge in [0.2, 0.25) is 0 Å². The molecule has 0 aromatic carbocycles. The molecule has 0 bridgehead atoms. The summed E-state index contributed by atoms with van der Waals surface area (Å²) in [6, 6.07) is 0. The molecule has 0 saturated heterocycles. The van der Waals surface area contributed by atoms with Crippen LogP contribution in [0.25, 0.3) is 0 Å². The molecule has 0 aliphatic heterocycles. The standard InChI is InChI=1S/C7H8/c1-6-4-3-5-7(6)2/h3-4H,1-2H3. The molecular weight excluding hydrogens is 84.1 g/mol. The number of hydrogen-bond acceptors (Lipinski definition) is 0. The molecule has 0 N–H and O–H groups in total. The van der Waals surface area contributed by atoms with Crippen LogP contribution in [0.5, 0.6) is 0 Å². The zero-order chi connectivity index (χ0) is 5.28. The maximum absolute atomic E-state index is 3.07. The highest BCUT2D eigenvalue weighted by Crippen LogP contribution is 2.14. The summed E-state index contributed by atoms with van der Waals surface area (Å²) >= 11 is 0. The number of allylic oxidation sites excluding steroid dienone is 4. The van der Waals surface area contributed by atoms with Crippen LogP contribution >= 0.6 is 0 Å². The average molecular weight is 92.1 g/mol. The summed E-state index contributed by atoms with van der Waals surface area (Å²) < 4.78 is 0. The van der Waals surface area contributed by atoms with Crippen LogP contribution in [0, 0.1) is 6.42 Å². The zero-order valence-corrected chi connectivity index (χ0v) is 4.65. The Balaban J connectivity index is 2.79. The molecule has 0 amide bonds. The van der Waals surface area contributed by atoms with Gasteiger partial charge in [-0.05, 0) is 13.8 Å². The van der Waals surface area contributed by atoms with Crippen LogP contribution in [0.3, 0.4) is 0 Å². The first-order valence-corrected chi connectivity index (χ1v) is 2.41. The Hall–Kier alpha value is -0.520. The average Bonchev–Trinajstić information content (AvgIpc) is 1.91. The van der Waals surface area contributed by atoms with E-state index < -0.39 is 0 Å². The molecule has 0 fully saturated rings. The Kier molecular flexibility index (Phi) is 1.01.